The molecule has 1 amide bonds. The highest BCUT2D eigenvalue weighted by Crippen LogP contribution is 2.25. The highest BCUT2D eigenvalue weighted by molar-refractivity contribution is 9.10. The van der Waals surface area contributed by atoms with E-state index in [1.54, 1.807) is 24.5 Å². The number of benzene rings is 1. The molecular weight excluding hydrogens is 292 g/mol. The van der Waals surface area contributed by atoms with Gasteiger partial charge in [-0.15, -0.1) is 0 Å². The van der Waals surface area contributed by atoms with Gasteiger partial charge in [-0.05, 0) is 49.2 Å². The minimum Gasteiger partial charge on any atom is -0.321 e. The van der Waals surface area contributed by atoms with Gasteiger partial charge in [-0.2, -0.15) is 0 Å². The van der Waals surface area contributed by atoms with Gasteiger partial charge in [0.15, 0.2) is 0 Å². The Balaban J connectivity index is 2.28. The zero-order chi connectivity index (χ0) is 13.1. The van der Waals surface area contributed by atoms with Gasteiger partial charge in [-0.3, -0.25) is 9.78 Å². The normalized spacial score (nSPS) is 10.2. The van der Waals surface area contributed by atoms with Gasteiger partial charge in [0.05, 0.1) is 5.56 Å². The number of nitrogens with one attached hydrogen (secondary N) is 1. The third kappa shape index (κ3) is 2.76. The second kappa shape index (κ2) is 5.31. The Kier molecular flexibility index (Phi) is 3.77. The maximum Gasteiger partial charge on any atom is 0.257 e. The molecule has 3 nitrogen and oxygen atoms in total. The molecule has 0 saturated heterocycles. The summed E-state index contributed by atoms with van der Waals surface area (Å²) in [6.45, 7) is 3.94. The van der Waals surface area contributed by atoms with Crippen LogP contribution in [-0.4, -0.2) is 10.9 Å². The number of hydrogen-bond acceptors (Lipinski definition) is 2. The molecule has 0 unspecified atom stereocenters. The Bertz CT molecular complexity index is 559. The van der Waals surface area contributed by atoms with Crippen molar-refractivity contribution in [1.82, 2.24) is 4.98 Å². The lowest BCUT2D eigenvalue weighted by atomic mass is 10.1. The van der Waals surface area contributed by atoms with Crippen LogP contribution < -0.4 is 5.32 Å². The van der Waals surface area contributed by atoms with Crippen LogP contribution in [0.4, 0.5) is 5.69 Å². The van der Waals surface area contributed by atoms with E-state index in [0.717, 1.165) is 21.3 Å². The van der Waals surface area contributed by atoms with Crippen LogP contribution in [0.25, 0.3) is 0 Å². The minimum atomic E-state index is -0.142. The third-order valence-corrected chi connectivity index (χ3v) is 3.12. The molecule has 4 heteroatoms. The van der Waals surface area contributed by atoms with Crippen LogP contribution in [0.15, 0.2) is 41.1 Å². The number of aromatic nitrogens is 1. The van der Waals surface area contributed by atoms with Gasteiger partial charge < -0.3 is 5.32 Å². The van der Waals surface area contributed by atoms with Crippen molar-refractivity contribution in [3.63, 3.8) is 0 Å². The molecule has 18 heavy (non-hydrogen) atoms. The first-order valence-electron chi connectivity index (χ1n) is 5.56. The number of halogens is 1. The van der Waals surface area contributed by atoms with E-state index < -0.39 is 0 Å². The fourth-order valence-electron chi connectivity index (χ4n) is 1.79. The first kappa shape index (κ1) is 12.8. The predicted octanol–water partition coefficient (Wildman–Crippen LogP) is 3.71. The van der Waals surface area contributed by atoms with Crippen LogP contribution in [0, 0.1) is 13.8 Å². The van der Waals surface area contributed by atoms with Crippen LogP contribution in [0.1, 0.15) is 21.5 Å². The number of pyridine rings is 1. The molecule has 0 aliphatic rings. The van der Waals surface area contributed by atoms with Crippen LogP contribution in [0.5, 0.6) is 0 Å². The lowest BCUT2D eigenvalue weighted by Gasteiger charge is -2.12. The number of hydrogen-bond donors (Lipinski definition) is 1. The minimum absolute atomic E-state index is 0.142. The lowest BCUT2D eigenvalue weighted by molar-refractivity contribution is 0.102. The topological polar surface area (TPSA) is 42.0 Å². The fourth-order valence-corrected chi connectivity index (χ4v) is 2.48. The molecule has 1 heterocycles. The zero-order valence-electron chi connectivity index (χ0n) is 10.2. The molecule has 0 fully saturated rings. The van der Waals surface area contributed by atoms with Crippen molar-refractivity contribution in [2.24, 2.45) is 0 Å². The molecule has 2 rings (SSSR count). The number of anilines is 1. The molecule has 1 aromatic heterocycles. The molecule has 0 bridgehead atoms. The van der Waals surface area contributed by atoms with Gasteiger partial charge in [-0.25, -0.2) is 0 Å². The molecule has 92 valence electrons. The maximum absolute atomic E-state index is 12.0. The summed E-state index contributed by atoms with van der Waals surface area (Å²) in [5.41, 5.74) is 3.46. The van der Waals surface area contributed by atoms with E-state index in [4.69, 9.17) is 0 Å². The van der Waals surface area contributed by atoms with Crippen molar-refractivity contribution < 1.29 is 4.79 Å². The molecule has 2 aromatic rings. The summed E-state index contributed by atoms with van der Waals surface area (Å²) in [5, 5.41) is 2.92. The first-order valence-corrected chi connectivity index (χ1v) is 6.35. The van der Waals surface area contributed by atoms with Gasteiger partial charge in [0.2, 0.25) is 0 Å². The number of nitrogens with zero attached hydrogens (tertiary/aromatic N) is 1. The standard InChI is InChI=1S/C14H13BrN2O/c1-9-6-12(15)7-10(2)13(9)17-14(18)11-4-3-5-16-8-11/h3-8H,1-2H3,(H,17,18). The summed E-state index contributed by atoms with van der Waals surface area (Å²) in [6, 6.07) is 7.44. The van der Waals surface area contributed by atoms with E-state index in [0.29, 0.717) is 5.56 Å². The Labute approximate surface area is 114 Å². The Morgan fingerprint density at radius 1 is 1.28 bits per heavy atom. The van der Waals surface area contributed by atoms with Gasteiger partial charge in [-0.1, -0.05) is 15.9 Å². The van der Waals surface area contributed by atoms with Crippen molar-refractivity contribution in [2.45, 2.75) is 13.8 Å². The van der Waals surface area contributed by atoms with Crippen LogP contribution >= 0.6 is 15.9 Å². The Hall–Kier alpha value is -1.68. The first-order chi connectivity index (χ1) is 8.58. The summed E-state index contributed by atoms with van der Waals surface area (Å²) in [4.78, 5) is 16.0. The van der Waals surface area contributed by atoms with Crippen LogP contribution in [0.3, 0.4) is 0 Å². The van der Waals surface area contributed by atoms with Gasteiger partial charge in [0, 0.05) is 22.6 Å². The van der Waals surface area contributed by atoms with E-state index in [1.807, 2.05) is 26.0 Å². The summed E-state index contributed by atoms with van der Waals surface area (Å²) >= 11 is 3.44. The number of carbonyl (C=O) groups excluding carboxylic acids is 1. The second-order valence-electron chi connectivity index (χ2n) is 4.11. The van der Waals surface area contributed by atoms with Gasteiger partial charge in [0.25, 0.3) is 5.91 Å². The number of rotatable bonds is 2. The number of amides is 1. The molecule has 0 aliphatic heterocycles. The van der Waals surface area contributed by atoms with Gasteiger partial charge in [0.1, 0.15) is 0 Å². The fraction of sp³-hybridized carbons (Fsp3) is 0.143. The van der Waals surface area contributed by atoms with Crippen LogP contribution in [-0.2, 0) is 0 Å². The van der Waals surface area contributed by atoms with E-state index in [1.165, 1.54) is 0 Å². The van der Waals surface area contributed by atoms with Crippen molar-refractivity contribution in [3.05, 3.63) is 57.8 Å². The molecular formula is C14H13BrN2O. The van der Waals surface area contributed by atoms with Crippen molar-refractivity contribution in [2.75, 3.05) is 5.32 Å². The second-order valence-corrected chi connectivity index (χ2v) is 5.03. The Morgan fingerprint density at radius 3 is 2.50 bits per heavy atom. The smallest absolute Gasteiger partial charge is 0.257 e. The van der Waals surface area contributed by atoms with Crippen molar-refractivity contribution in [1.29, 1.82) is 0 Å². The molecule has 1 N–H and O–H groups in total. The molecule has 0 saturated carbocycles. The zero-order valence-corrected chi connectivity index (χ0v) is 11.8. The summed E-state index contributed by atoms with van der Waals surface area (Å²) in [6.07, 6.45) is 3.20. The SMILES string of the molecule is Cc1cc(Br)cc(C)c1NC(=O)c1cccnc1. The summed E-state index contributed by atoms with van der Waals surface area (Å²) < 4.78 is 1.01. The highest BCUT2D eigenvalue weighted by Gasteiger charge is 2.10. The third-order valence-electron chi connectivity index (χ3n) is 2.66. The number of aryl methyl sites for hydroxylation is 2. The maximum atomic E-state index is 12.0. The Morgan fingerprint density at radius 2 is 1.94 bits per heavy atom. The number of carbonyl (C=O) groups is 1. The largest absolute Gasteiger partial charge is 0.321 e. The quantitative estimate of drug-likeness (QED) is 0.919. The van der Waals surface area contributed by atoms with E-state index in [2.05, 4.69) is 26.2 Å². The van der Waals surface area contributed by atoms with Crippen molar-refractivity contribution >= 4 is 27.5 Å². The molecule has 0 aliphatic carbocycles. The highest BCUT2D eigenvalue weighted by atomic mass is 79.9. The monoisotopic (exact) mass is 304 g/mol. The molecule has 1 aromatic carbocycles. The van der Waals surface area contributed by atoms with E-state index in [-0.39, 0.29) is 5.91 Å². The van der Waals surface area contributed by atoms with Crippen molar-refractivity contribution in [3.8, 4) is 0 Å². The van der Waals surface area contributed by atoms with E-state index >= 15 is 0 Å². The summed E-state index contributed by atoms with van der Waals surface area (Å²) in [5.74, 6) is -0.142. The lowest BCUT2D eigenvalue weighted by Crippen LogP contribution is -2.13. The van der Waals surface area contributed by atoms with Crippen LogP contribution in [0.2, 0.25) is 0 Å². The predicted molar refractivity (Wildman–Crippen MR) is 75.8 cm³/mol. The van der Waals surface area contributed by atoms with E-state index in [9.17, 15) is 4.79 Å². The molecule has 0 radical (unpaired) electrons. The molecule has 0 atom stereocenters. The average Bonchev–Trinajstić information content (AvgIpc) is 2.34. The average molecular weight is 305 g/mol. The molecule has 0 spiro atoms. The summed E-state index contributed by atoms with van der Waals surface area (Å²) in [7, 11) is 0. The van der Waals surface area contributed by atoms with Gasteiger partial charge >= 0.3 is 0 Å².